The fourth-order valence-electron chi connectivity index (χ4n) is 1.62. The number of hydrazone groups is 1. The zero-order chi connectivity index (χ0) is 12.3. The molecule has 0 saturated carbocycles. The highest BCUT2D eigenvalue weighted by molar-refractivity contribution is 6.08. The van der Waals surface area contributed by atoms with Gasteiger partial charge in [-0.25, -0.2) is 5.01 Å². The van der Waals surface area contributed by atoms with E-state index in [-0.39, 0.29) is 12.3 Å². The Morgan fingerprint density at radius 1 is 1.56 bits per heavy atom. The van der Waals surface area contributed by atoms with Gasteiger partial charge in [0.25, 0.3) is 5.91 Å². The number of nitrogens with zero attached hydrogens (tertiary/aromatic N) is 2. The van der Waals surface area contributed by atoms with Crippen LogP contribution >= 0.6 is 0 Å². The lowest BCUT2D eigenvalue weighted by Gasteiger charge is -2.14. The van der Waals surface area contributed by atoms with E-state index in [1.54, 1.807) is 6.92 Å². The van der Waals surface area contributed by atoms with Crippen LogP contribution in [0.15, 0.2) is 5.10 Å². The minimum atomic E-state index is -0.960. The molecule has 0 aromatic rings. The number of carboxylic acids is 1. The van der Waals surface area contributed by atoms with E-state index in [2.05, 4.69) is 18.9 Å². The van der Waals surface area contributed by atoms with Gasteiger partial charge >= 0.3 is 5.97 Å². The van der Waals surface area contributed by atoms with Crippen molar-refractivity contribution >= 4 is 17.6 Å². The zero-order valence-electron chi connectivity index (χ0n) is 9.93. The number of carbonyl (C=O) groups is 2. The highest BCUT2D eigenvalue weighted by atomic mass is 16.4. The molecule has 0 radical (unpaired) electrons. The average Bonchev–Trinajstić information content (AvgIpc) is 2.42. The lowest BCUT2D eigenvalue weighted by Crippen LogP contribution is -2.30. The summed E-state index contributed by atoms with van der Waals surface area (Å²) in [4.78, 5) is 22.4. The van der Waals surface area contributed by atoms with Crippen molar-refractivity contribution in [2.45, 2.75) is 33.6 Å². The minimum Gasteiger partial charge on any atom is -0.481 e. The molecule has 16 heavy (non-hydrogen) atoms. The molecular formula is C11H18N2O3. The topological polar surface area (TPSA) is 70.0 Å². The van der Waals surface area contributed by atoms with Crippen LogP contribution in [0.3, 0.4) is 0 Å². The third-order valence-corrected chi connectivity index (χ3v) is 2.63. The summed E-state index contributed by atoms with van der Waals surface area (Å²) in [5, 5.41) is 14.2. The Bertz CT molecular complexity index is 323. The lowest BCUT2D eigenvalue weighted by atomic mass is 10.0. The van der Waals surface area contributed by atoms with E-state index in [0.717, 1.165) is 6.42 Å². The quantitative estimate of drug-likeness (QED) is 0.769. The molecule has 1 aliphatic rings. The summed E-state index contributed by atoms with van der Waals surface area (Å²) < 4.78 is 0. The van der Waals surface area contributed by atoms with Gasteiger partial charge in [-0.15, -0.1) is 0 Å². The van der Waals surface area contributed by atoms with Crippen molar-refractivity contribution in [2.75, 3.05) is 6.54 Å². The minimum absolute atomic E-state index is 0.160. The smallest absolute Gasteiger partial charge is 0.304 e. The van der Waals surface area contributed by atoms with Gasteiger partial charge in [-0.1, -0.05) is 13.8 Å². The molecule has 90 valence electrons. The summed E-state index contributed by atoms with van der Waals surface area (Å²) in [5.41, 5.74) is 0.608. The first-order valence-corrected chi connectivity index (χ1v) is 5.50. The van der Waals surface area contributed by atoms with E-state index < -0.39 is 11.9 Å². The second-order valence-electron chi connectivity index (χ2n) is 4.54. The van der Waals surface area contributed by atoms with E-state index in [1.165, 1.54) is 5.01 Å². The van der Waals surface area contributed by atoms with E-state index >= 15 is 0 Å². The van der Waals surface area contributed by atoms with E-state index in [9.17, 15) is 9.59 Å². The number of hydrogen-bond acceptors (Lipinski definition) is 3. The molecule has 0 saturated heterocycles. The Labute approximate surface area is 95.1 Å². The van der Waals surface area contributed by atoms with Gasteiger partial charge in [0, 0.05) is 12.3 Å². The summed E-state index contributed by atoms with van der Waals surface area (Å²) in [6.07, 6.45) is 0.717. The van der Waals surface area contributed by atoms with Crippen LogP contribution in [0.25, 0.3) is 0 Å². The molecule has 0 aromatic heterocycles. The normalized spacial score (nSPS) is 20.5. The fourth-order valence-corrected chi connectivity index (χ4v) is 1.62. The van der Waals surface area contributed by atoms with Gasteiger partial charge in [-0.2, -0.15) is 5.10 Å². The van der Waals surface area contributed by atoms with Crippen LogP contribution in [0.5, 0.6) is 0 Å². The Hall–Kier alpha value is -1.39. The van der Waals surface area contributed by atoms with Crippen LogP contribution in [0, 0.1) is 11.8 Å². The van der Waals surface area contributed by atoms with Crippen molar-refractivity contribution in [3.8, 4) is 0 Å². The van der Waals surface area contributed by atoms with Crippen molar-refractivity contribution in [3.63, 3.8) is 0 Å². The predicted octanol–water partition coefficient (Wildman–Crippen LogP) is 1.34. The maximum absolute atomic E-state index is 11.8. The van der Waals surface area contributed by atoms with E-state index in [0.29, 0.717) is 18.2 Å². The van der Waals surface area contributed by atoms with Crippen molar-refractivity contribution in [3.05, 3.63) is 0 Å². The highest BCUT2D eigenvalue weighted by Gasteiger charge is 2.34. The molecule has 0 spiro atoms. The number of hydrogen-bond donors (Lipinski definition) is 1. The van der Waals surface area contributed by atoms with Crippen molar-refractivity contribution < 1.29 is 14.7 Å². The lowest BCUT2D eigenvalue weighted by molar-refractivity contribution is -0.141. The molecule has 0 fully saturated rings. The molecule has 1 heterocycles. The van der Waals surface area contributed by atoms with Crippen LogP contribution in [-0.4, -0.2) is 34.2 Å². The third-order valence-electron chi connectivity index (χ3n) is 2.63. The number of carbonyl (C=O) groups excluding carboxylic acids is 1. The molecule has 1 amide bonds. The first-order valence-electron chi connectivity index (χ1n) is 5.50. The number of rotatable bonds is 5. The molecule has 5 heteroatoms. The zero-order valence-corrected chi connectivity index (χ0v) is 9.93. The van der Waals surface area contributed by atoms with Gasteiger partial charge in [-0.05, 0) is 19.3 Å². The van der Waals surface area contributed by atoms with E-state index in [4.69, 9.17) is 5.11 Å². The van der Waals surface area contributed by atoms with Gasteiger partial charge in [0.15, 0.2) is 0 Å². The van der Waals surface area contributed by atoms with Crippen LogP contribution in [-0.2, 0) is 9.59 Å². The summed E-state index contributed by atoms with van der Waals surface area (Å²) >= 11 is 0. The molecule has 0 aromatic carbocycles. The van der Waals surface area contributed by atoms with Gasteiger partial charge in [0.2, 0.25) is 0 Å². The Morgan fingerprint density at radius 2 is 2.19 bits per heavy atom. The predicted molar refractivity (Wildman–Crippen MR) is 60.0 cm³/mol. The second kappa shape index (κ2) is 5.09. The van der Waals surface area contributed by atoms with Crippen LogP contribution in [0.2, 0.25) is 0 Å². The van der Waals surface area contributed by atoms with E-state index in [1.807, 2.05) is 0 Å². The maximum atomic E-state index is 11.8. The van der Waals surface area contributed by atoms with Gasteiger partial charge in [0.1, 0.15) is 0 Å². The van der Waals surface area contributed by atoms with Crippen LogP contribution in [0.4, 0.5) is 0 Å². The molecule has 0 bridgehead atoms. The highest BCUT2D eigenvalue weighted by Crippen LogP contribution is 2.19. The first kappa shape index (κ1) is 12.7. The van der Waals surface area contributed by atoms with Crippen molar-refractivity contribution in [1.29, 1.82) is 0 Å². The fraction of sp³-hybridized carbons (Fsp3) is 0.727. The molecule has 1 aliphatic heterocycles. The first-order chi connectivity index (χ1) is 7.41. The van der Waals surface area contributed by atoms with Gasteiger partial charge < -0.3 is 5.11 Å². The average molecular weight is 226 g/mol. The SMILES string of the molecule is CC1=NN(CCC(C)C)C(=O)C1CC(=O)O. The Kier molecular flexibility index (Phi) is 4.04. The standard InChI is InChI=1S/C11H18N2O3/c1-7(2)4-5-13-11(16)9(6-10(14)15)8(3)12-13/h7,9H,4-6H2,1-3H3,(H,14,15). The van der Waals surface area contributed by atoms with Crippen molar-refractivity contribution in [1.82, 2.24) is 5.01 Å². The number of carboxylic acid groups (broad SMARTS) is 1. The number of aliphatic carboxylic acids is 1. The number of amides is 1. The monoisotopic (exact) mass is 226 g/mol. The van der Waals surface area contributed by atoms with Crippen molar-refractivity contribution in [2.24, 2.45) is 16.9 Å². The molecular weight excluding hydrogens is 208 g/mol. The molecule has 5 nitrogen and oxygen atoms in total. The third kappa shape index (κ3) is 3.05. The maximum Gasteiger partial charge on any atom is 0.304 e. The summed E-state index contributed by atoms with van der Waals surface area (Å²) in [6.45, 7) is 6.43. The Balaban J connectivity index is 2.59. The molecule has 0 aliphatic carbocycles. The molecule has 1 rings (SSSR count). The summed E-state index contributed by atoms with van der Waals surface area (Å²) in [7, 11) is 0. The largest absolute Gasteiger partial charge is 0.481 e. The summed E-state index contributed by atoms with van der Waals surface area (Å²) in [5.74, 6) is -1.20. The second-order valence-corrected chi connectivity index (χ2v) is 4.54. The van der Waals surface area contributed by atoms with Crippen LogP contribution in [0.1, 0.15) is 33.6 Å². The van der Waals surface area contributed by atoms with Gasteiger partial charge in [-0.3, -0.25) is 9.59 Å². The molecule has 1 N–H and O–H groups in total. The molecule has 1 unspecified atom stereocenters. The van der Waals surface area contributed by atoms with Gasteiger partial charge in [0.05, 0.1) is 12.3 Å². The molecule has 1 atom stereocenters. The van der Waals surface area contributed by atoms with Crippen LogP contribution < -0.4 is 0 Å². The summed E-state index contributed by atoms with van der Waals surface area (Å²) in [6, 6.07) is 0. The Morgan fingerprint density at radius 3 is 2.69 bits per heavy atom.